The number of aromatic nitrogens is 2. The van der Waals surface area contributed by atoms with Gasteiger partial charge in [-0.1, -0.05) is 0 Å². The van der Waals surface area contributed by atoms with Crippen molar-refractivity contribution in [1.29, 1.82) is 0 Å². The third-order valence-electron chi connectivity index (χ3n) is 1.45. The maximum Gasteiger partial charge on any atom is 0.289 e. The van der Waals surface area contributed by atoms with E-state index in [1.807, 2.05) is 0 Å². The summed E-state index contributed by atoms with van der Waals surface area (Å²) in [6.07, 6.45) is 0. The van der Waals surface area contributed by atoms with Gasteiger partial charge >= 0.3 is 0 Å². The zero-order valence-corrected chi connectivity index (χ0v) is 6.91. The number of rotatable bonds is 3. The first-order chi connectivity index (χ1) is 5.74. The van der Waals surface area contributed by atoms with Gasteiger partial charge in [0.2, 0.25) is 0 Å². The molecule has 1 heterocycles. The van der Waals surface area contributed by atoms with Crippen LogP contribution in [0.3, 0.4) is 0 Å². The summed E-state index contributed by atoms with van der Waals surface area (Å²) in [6.45, 7) is 0.972. The Labute approximate surface area is 69.8 Å². The topological polar surface area (TPSA) is 71.4 Å². The number of nitrogens with two attached hydrogens (primary N) is 1. The lowest BCUT2D eigenvalue weighted by atomic mass is 10.5. The van der Waals surface area contributed by atoms with Crippen molar-refractivity contribution in [1.82, 2.24) is 4.68 Å². The number of nitrogens with one attached hydrogen (secondary N) is 1. The average Bonchev–Trinajstić information content (AvgIpc) is 2.07. The molecular weight excluding hydrogens is 158 g/mol. The minimum atomic E-state index is -0.110. The smallest absolute Gasteiger partial charge is 0.289 e. The van der Waals surface area contributed by atoms with Crippen LogP contribution in [0.15, 0.2) is 16.9 Å². The first-order valence-electron chi connectivity index (χ1n) is 3.61. The molecule has 1 rings (SSSR count). The fourth-order valence-electron chi connectivity index (χ4n) is 0.848. The molecular formula is C7H12N3O2+. The third kappa shape index (κ3) is 2.06. The molecule has 3 N–H and O–H groups in total. The van der Waals surface area contributed by atoms with Gasteiger partial charge in [0.15, 0.2) is 0 Å². The fraction of sp³-hybridized carbons (Fsp3) is 0.429. The highest BCUT2D eigenvalue weighted by molar-refractivity contribution is 5.16. The molecule has 0 radical (unpaired) electrons. The number of H-pyrrole nitrogens is 1. The number of anilines is 1. The molecule has 12 heavy (non-hydrogen) atoms. The molecule has 0 fully saturated rings. The molecule has 0 aliphatic carbocycles. The van der Waals surface area contributed by atoms with Crippen LogP contribution in [0, 0.1) is 0 Å². The number of aromatic amines is 1. The molecule has 5 nitrogen and oxygen atoms in total. The first-order valence-corrected chi connectivity index (χ1v) is 3.61. The van der Waals surface area contributed by atoms with E-state index in [2.05, 4.69) is 5.10 Å². The zero-order chi connectivity index (χ0) is 8.97. The Hall–Kier alpha value is -1.36. The van der Waals surface area contributed by atoms with Crippen LogP contribution in [0.25, 0.3) is 0 Å². The van der Waals surface area contributed by atoms with Gasteiger partial charge in [-0.2, -0.15) is 9.78 Å². The maximum atomic E-state index is 11.1. The summed E-state index contributed by atoms with van der Waals surface area (Å²) in [6, 6.07) is 2.95. The average molecular weight is 170 g/mol. The molecule has 0 spiro atoms. The molecule has 0 aromatic carbocycles. The van der Waals surface area contributed by atoms with Gasteiger partial charge in [0.05, 0.1) is 13.2 Å². The van der Waals surface area contributed by atoms with Crippen molar-refractivity contribution in [3.05, 3.63) is 22.5 Å². The van der Waals surface area contributed by atoms with E-state index in [1.165, 1.54) is 16.8 Å². The standard InChI is InChI=1S/C7H11N3O2/c1-12-5-4-10-7(11)3-2-6(8)9-10/h2-3H,4-5H2,1H3,(H2,8,9)/p+1. The van der Waals surface area contributed by atoms with Crippen LogP contribution >= 0.6 is 0 Å². The van der Waals surface area contributed by atoms with Gasteiger partial charge in [-0.25, -0.2) is 0 Å². The van der Waals surface area contributed by atoms with Crippen molar-refractivity contribution in [3.63, 3.8) is 0 Å². The Bertz CT molecular complexity index is 308. The largest absolute Gasteiger partial charge is 0.383 e. The van der Waals surface area contributed by atoms with Crippen LogP contribution in [0.2, 0.25) is 0 Å². The van der Waals surface area contributed by atoms with Crippen molar-refractivity contribution in [2.75, 3.05) is 19.5 Å². The Morgan fingerprint density at radius 1 is 1.67 bits per heavy atom. The third-order valence-corrected chi connectivity index (χ3v) is 1.45. The SMILES string of the molecule is COCCn1[nH+]c(N)ccc1=O. The predicted molar refractivity (Wildman–Crippen MR) is 43.5 cm³/mol. The summed E-state index contributed by atoms with van der Waals surface area (Å²) in [5.74, 6) is 0.464. The van der Waals surface area contributed by atoms with Crippen LogP contribution in [-0.4, -0.2) is 18.4 Å². The van der Waals surface area contributed by atoms with Gasteiger partial charge in [-0.05, 0) is 0 Å². The Kier molecular flexibility index (Phi) is 2.82. The van der Waals surface area contributed by atoms with E-state index in [-0.39, 0.29) is 5.56 Å². The highest BCUT2D eigenvalue weighted by Gasteiger charge is 1.99. The molecule has 66 valence electrons. The number of methoxy groups -OCH3 is 1. The monoisotopic (exact) mass is 170 g/mol. The van der Waals surface area contributed by atoms with E-state index >= 15 is 0 Å². The number of hydrogen-bond donors (Lipinski definition) is 1. The van der Waals surface area contributed by atoms with E-state index in [0.29, 0.717) is 19.0 Å². The minimum Gasteiger partial charge on any atom is -0.383 e. The number of nitrogen functional groups attached to an aromatic ring is 1. The van der Waals surface area contributed by atoms with E-state index in [9.17, 15) is 4.79 Å². The number of hydrogen-bond acceptors (Lipinski definition) is 3. The van der Waals surface area contributed by atoms with Gasteiger partial charge in [-0.3, -0.25) is 10.5 Å². The highest BCUT2D eigenvalue weighted by atomic mass is 16.5. The Balaban J connectivity index is 2.83. The van der Waals surface area contributed by atoms with Crippen molar-refractivity contribution >= 4 is 5.82 Å². The van der Waals surface area contributed by atoms with Gasteiger partial charge in [0, 0.05) is 19.2 Å². The lowest BCUT2D eigenvalue weighted by Gasteiger charge is -1.99. The molecule has 5 heteroatoms. The van der Waals surface area contributed by atoms with Gasteiger partial charge in [-0.15, -0.1) is 0 Å². The second-order valence-corrected chi connectivity index (χ2v) is 2.38. The van der Waals surface area contributed by atoms with Gasteiger partial charge < -0.3 is 4.74 Å². The fourth-order valence-corrected chi connectivity index (χ4v) is 0.848. The van der Waals surface area contributed by atoms with Crippen LogP contribution in [0.1, 0.15) is 0 Å². The summed E-state index contributed by atoms with van der Waals surface area (Å²) in [5, 5.41) is 2.71. The quantitative estimate of drug-likeness (QED) is 0.625. The van der Waals surface area contributed by atoms with Crippen molar-refractivity contribution in [3.8, 4) is 0 Å². The molecule has 0 saturated heterocycles. The van der Waals surface area contributed by atoms with Gasteiger partial charge in [0.25, 0.3) is 11.4 Å². The second-order valence-electron chi connectivity index (χ2n) is 2.38. The summed E-state index contributed by atoms with van der Waals surface area (Å²) in [5.41, 5.74) is 5.33. The normalized spacial score (nSPS) is 10.1. The lowest BCUT2D eigenvalue weighted by molar-refractivity contribution is -0.483. The summed E-state index contributed by atoms with van der Waals surface area (Å²) < 4.78 is 6.22. The number of ether oxygens (including phenoxy) is 1. The maximum absolute atomic E-state index is 11.1. The Morgan fingerprint density at radius 2 is 2.42 bits per heavy atom. The zero-order valence-electron chi connectivity index (χ0n) is 6.91. The lowest BCUT2D eigenvalue weighted by Crippen LogP contribution is -2.37. The van der Waals surface area contributed by atoms with Crippen LogP contribution in [0.4, 0.5) is 5.82 Å². The van der Waals surface area contributed by atoms with Crippen LogP contribution in [-0.2, 0) is 11.3 Å². The summed E-state index contributed by atoms with van der Waals surface area (Å²) >= 11 is 0. The molecule has 0 saturated carbocycles. The number of nitrogens with zero attached hydrogens (tertiary/aromatic N) is 1. The van der Waals surface area contributed by atoms with Crippen molar-refractivity contribution in [2.24, 2.45) is 0 Å². The molecule has 0 amide bonds. The Morgan fingerprint density at radius 3 is 3.08 bits per heavy atom. The second kappa shape index (κ2) is 3.87. The van der Waals surface area contributed by atoms with Crippen molar-refractivity contribution < 1.29 is 9.84 Å². The van der Waals surface area contributed by atoms with Crippen LogP contribution < -0.4 is 16.4 Å². The van der Waals surface area contributed by atoms with E-state index in [0.717, 1.165) is 0 Å². The first kappa shape index (κ1) is 8.73. The van der Waals surface area contributed by atoms with E-state index in [4.69, 9.17) is 10.5 Å². The molecule has 1 aromatic rings. The van der Waals surface area contributed by atoms with E-state index < -0.39 is 0 Å². The molecule has 0 atom stereocenters. The molecule has 0 aliphatic heterocycles. The molecule has 1 aromatic heterocycles. The molecule has 0 aliphatic rings. The van der Waals surface area contributed by atoms with E-state index in [1.54, 1.807) is 7.11 Å². The highest BCUT2D eigenvalue weighted by Crippen LogP contribution is 1.82. The summed E-state index contributed by atoms with van der Waals surface area (Å²) in [4.78, 5) is 11.1. The van der Waals surface area contributed by atoms with Crippen molar-refractivity contribution in [2.45, 2.75) is 6.54 Å². The summed E-state index contributed by atoms with van der Waals surface area (Å²) in [7, 11) is 1.58. The molecule has 0 bridgehead atoms. The minimum absolute atomic E-state index is 0.110. The predicted octanol–water partition coefficient (Wildman–Crippen LogP) is -1.11. The van der Waals surface area contributed by atoms with Crippen LogP contribution in [0.5, 0.6) is 0 Å². The van der Waals surface area contributed by atoms with Gasteiger partial charge in [0.1, 0.15) is 0 Å². The molecule has 0 unspecified atom stereocenters.